The van der Waals surface area contributed by atoms with Gasteiger partial charge in [-0.3, -0.25) is 4.79 Å². The highest BCUT2D eigenvalue weighted by Crippen LogP contribution is 2.38. The number of aliphatic hydroxyl groups excluding tert-OH is 1. The fourth-order valence-corrected chi connectivity index (χ4v) is 2.94. The van der Waals surface area contributed by atoms with E-state index >= 15 is 0 Å². The van der Waals surface area contributed by atoms with Gasteiger partial charge in [0.15, 0.2) is 0 Å². The molecule has 1 N–H and O–H groups in total. The monoisotopic (exact) mass is 275 g/mol. The minimum Gasteiger partial charge on any atom is -0.396 e. The maximum Gasteiger partial charge on any atom is 0.227 e. The Hall–Kier alpha value is -1.35. The van der Waals surface area contributed by atoms with E-state index in [-0.39, 0.29) is 18.4 Å². The molecule has 2 rings (SSSR count). The minimum absolute atomic E-state index is 0.0720. The van der Waals surface area contributed by atoms with Crippen molar-refractivity contribution >= 4 is 11.6 Å². The summed E-state index contributed by atoms with van der Waals surface area (Å²) in [5.74, 6) is 0.969. The zero-order valence-electron chi connectivity index (χ0n) is 12.9. The SMILES string of the molecule is CC(C)c1cccc(C(C)C)c1N1CC(CO)CC1=O. The molecule has 20 heavy (non-hydrogen) atoms. The van der Waals surface area contributed by atoms with Crippen LogP contribution in [-0.4, -0.2) is 24.2 Å². The number of anilines is 1. The number of carbonyl (C=O) groups is 1. The average Bonchev–Trinajstić information content (AvgIpc) is 2.78. The number of hydrogen-bond acceptors (Lipinski definition) is 2. The van der Waals surface area contributed by atoms with Crippen LogP contribution in [0.5, 0.6) is 0 Å². The molecule has 1 atom stereocenters. The molecule has 1 saturated heterocycles. The lowest BCUT2D eigenvalue weighted by Gasteiger charge is -2.27. The van der Waals surface area contributed by atoms with E-state index in [0.717, 1.165) is 5.69 Å². The van der Waals surface area contributed by atoms with Crippen LogP contribution >= 0.6 is 0 Å². The van der Waals surface area contributed by atoms with Gasteiger partial charge < -0.3 is 10.0 Å². The molecular weight excluding hydrogens is 250 g/mol. The fourth-order valence-electron chi connectivity index (χ4n) is 2.94. The van der Waals surface area contributed by atoms with E-state index in [1.54, 1.807) is 0 Å². The standard InChI is InChI=1S/C17H25NO2/c1-11(2)14-6-5-7-15(12(3)4)17(14)18-9-13(10-19)8-16(18)20/h5-7,11-13,19H,8-10H2,1-4H3. The van der Waals surface area contributed by atoms with Crippen LogP contribution in [-0.2, 0) is 4.79 Å². The number of carbonyl (C=O) groups excluding carboxylic acids is 1. The Morgan fingerprint density at radius 3 is 2.15 bits per heavy atom. The molecule has 0 bridgehead atoms. The number of benzene rings is 1. The zero-order valence-corrected chi connectivity index (χ0v) is 12.9. The molecule has 1 aromatic carbocycles. The summed E-state index contributed by atoms with van der Waals surface area (Å²) in [7, 11) is 0. The lowest BCUT2D eigenvalue weighted by atomic mass is 9.92. The van der Waals surface area contributed by atoms with Crippen molar-refractivity contribution in [2.45, 2.75) is 46.0 Å². The first kappa shape index (κ1) is 15.0. The quantitative estimate of drug-likeness (QED) is 0.916. The minimum atomic E-state index is 0.0720. The van der Waals surface area contributed by atoms with Crippen LogP contribution in [0.25, 0.3) is 0 Å². The van der Waals surface area contributed by atoms with Crippen LogP contribution < -0.4 is 4.90 Å². The molecule has 3 nitrogen and oxygen atoms in total. The first-order chi connectivity index (χ1) is 9.45. The van der Waals surface area contributed by atoms with Crippen LogP contribution in [0.1, 0.15) is 57.1 Å². The van der Waals surface area contributed by atoms with Crippen molar-refractivity contribution in [2.75, 3.05) is 18.1 Å². The summed E-state index contributed by atoms with van der Waals surface area (Å²) in [5, 5.41) is 9.33. The van der Waals surface area contributed by atoms with Gasteiger partial charge in [0.1, 0.15) is 0 Å². The summed E-state index contributed by atoms with van der Waals surface area (Å²) in [5.41, 5.74) is 3.53. The predicted molar refractivity (Wildman–Crippen MR) is 82.2 cm³/mol. The highest BCUT2D eigenvalue weighted by atomic mass is 16.3. The second-order valence-electron chi connectivity index (χ2n) is 6.35. The van der Waals surface area contributed by atoms with Crippen molar-refractivity contribution in [1.82, 2.24) is 0 Å². The third-order valence-corrected chi connectivity index (χ3v) is 4.08. The number of para-hydroxylation sites is 1. The second-order valence-corrected chi connectivity index (χ2v) is 6.35. The molecule has 0 radical (unpaired) electrons. The van der Waals surface area contributed by atoms with Gasteiger partial charge in [-0.25, -0.2) is 0 Å². The van der Waals surface area contributed by atoms with E-state index in [2.05, 4.69) is 45.9 Å². The van der Waals surface area contributed by atoms with Gasteiger partial charge in [0.05, 0.1) is 5.69 Å². The first-order valence-corrected chi connectivity index (χ1v) is 7.49. The van der Waals surface area contributed by atoms with Crippen LogP contribution in [0.3, 0.4) is 0 Å². The maximum absolute atomic E-state index is 12.3. The van der Waals surface area contributed by atoms with Crippen LogP contribution in [0.4, 0.5) is 5.69 Å². The number of amides is 1. The molecule has 1 aliphatic heterocycles. The highest BCUT2D eigenvalue weighted by Gasteiger charge is 2.33. The summed E-state index contributed by atoms with van der Waals surface area (Å²) >= 11 is 0. The smallest absolute Gasteiger partial charge is 0.227 e. The molecule has 0 aromatic heterocycles. The molecule has 1 unspecified atom stereocenters. The van der Waals surface area contributed by atoms with Gasteiger partial charge in [0.2, 0.25) is 5.91 Å². The molecule has 1 heterocycles. The molecule has 0 aliphatic carbocycles. The fraction of sp³-hybridized carbons (Fsp3) is 0.588. The number of hydrogen-bond donors (Lipinski definition) is 1. The summed E-state index contributed by atoms with van der Waals surface area (Å²) in [6.07, 6.45) is 0.459. The third-order valence-electron chi connectivity index (χ3n) is 4.08. The van der Waals surface area contributed by atoms with Crippen LogP contribution in [0.2, 0.25) is 0 Å². The average molecular weight is 275 g/mol. The summed E-state index contributed by atoms with van der Waals surface area (Å²) < 4.78 is 0. The first-order valence-electron chi connectivity index (χ1n) is 7.49. The van der Waals surface area contributed by atoms with Crippen molar-refractivity contribution < 1.29 is 9.90 Å². The molecule has 110 valence electrons. The van der Waals surface area contributed by atoms with Gasteiger partial charge >= 0.3 is 0 Å². The van der Waals surface area contributed by atoms with Gasteiger partial charge in [0.25, 0.3) is 0 Å². The van der Waals surface area contributed by atoms with Crippen LogP contribution in [0, 0.1) is 5.92 Å². The molecule has 0 spiro atoms. The van der Waals surface area contributed by atoms with E-state index in [0.29, 0.717) is 24.8 Å². The predicted octanol–water partition coefficient (Wildman–Crippen LogP) is 3.28. The molecule has 1 aromatic rings. The van der Waals surface area contributed by atoms with E-state index in [1.807, 2.05) is 4.90 Å². The van der Waals surface area contributed by atoms with E-state index in [4.69, 9.17) is 0 Å². The van der Waals surface area contributed by atoms with Crippen molar-refractivity contribution in [3.05, 3.63) is 29.3 Å². The normalized spacial score (nSPS) is 19.4. The molecular formula is C17H25NO2. The second kappa shape index (κ2) is 5.96. The zero-order chi connectivity index (χ0) is 14.9. The highest BCUT2D eigenvalue weighted by molar-refractivity contribution is 5.97. The van der Waals surface area contributed by atoms with Crippen molar-refractivity contribution in [3.63, 3.8) is 0 Å². The topological polar surface area (TPSA) is 40.5 Å². The van der Waals surface area contributed by atoms with Crippen molar-refractivity contribution in [1.29, 1.82) is 0 Å². The summed E-state index contributed by atoms with van der Waals surface area (Å²) in [4.78, 5) is 14.2. The van der Waals surface area contributed by atoms with Gasteiger partial charge in [-0.1, -0.05) is 45.9 Å². The molecule has 1 fully saturated rings. The largest absolute Gasteiger partial charge is 0.396 e. The molecule has 0 saturated carbocycles. The Morgan fingerprint density at radius 1 is 1.20 bits per heavy atom. The van der Waals surface area contributed by atoms with Gasteiger partial charge in [0, 0.05) is 25.5 Å². The number of nitrogens with zero attached hydrogens (tertiary/aromatic N) is 1. The van der Waals surface area contributed by atoms with E-state index < -0.39 is 0 Å². The van der Waals surface area contributed by atoms with Gasteiger partial charge in [-0.05, 0) is 23.0 Å². The van der Waals surface area contributed by atoms with Crippen molar-refractivity contribution in [2.24, 2.45) is 5.92 Å². The van der Waals surface area contributed by atoms with E-state index in [1.165, 1.54) is 11.1 Å². The Balaban J connectivity index is 2.51. The summed E-state index contributed by atoms with van der Waals surface area (Å²) in [6.45, 7) is 9.36. The van der Waals surface area contributed by atoms with E-state index in [9.17, 15) is 9.90 Å². The third kappa shape index (κ3) is 2.73. The Bertz CT molecular complexity index is 468. The number of aliphatic hydroxyl groups is 1. The number of rotatable bonds is 4. The lowest BCUT2D eigenvalue weighted by Crippen LogP contribution is -2.27. The Kier molecular flexibility index (Phi) is 4.48. The van der Waals surface area contributed by atoms with Crippen molar-refractivity contribution in [3.8, 4) is 0 Å². The van der Waals surface area contributed by atoms with Gasteiger partial charge in [-0.2, -0.15) is 0 Å². The van der Waals surface area contributed by atoms with Crippen LogP contribution in [0.15, 0.2) is 18.2 Å². The molecule has 1 aliphatic rings. The summed E-state index contributed by atoms with van der Waals surface area (Å²) in [6, 6.07) is 6.31. The Morgan fingerprint density at radius 2 is 1.75 bits per heavy atom. The maximum atomic E-state index is 12.3. The molecule has 1 amide bonds. The lowest BCUT2D eigenvalue weighted by molar-refractivity contribution is -0.117. The van der Waals surface area contributed by atoms with Gasteiger partial charge in [-0.15, -0.1) is 0 Å². The molecule has 3 heteroatoms. The Labute approximate surface area is 121 Å².